The first-order chi connectivity index (χ1) is 13.9. The minimum atomic E-state index is -5.36. The summed E-state index contributed by atoms with van der Waals surface area (Å²) in [6.07, 6.45) is 0. The topological polar surface area (TPSA) is 76.7 Å². The van der Waals surface area contributed by atoms with E-state index < -0.39 is 23.7 Å². The van der Waals surface area contributed by atoms with Crippen LogP contribution in [0.4, 0.5) is 28.9 Å². The molecule has 0 aliphatic carbocycles. The zero-order valence-electron chi connectivity index (χ0n) is 16.6. The van der Waals surface area contributed by atoms with Crippen LogP contribution < -0.4 is 20.1 Å². The highest BCUT2D eigenvalue weighted by atomic mass is 19.3. The number of hydrogen-bond donors (Lipinski definition) is 2. The Morgan fingerprint density at radius 1 is 0.733 bits per heavy atom. The van der Waals surface area contributed by atoms with E-state index in [1.807, 2.05) is 0 Å². The molecule has 0 radical (unpaired) electrons. The van der Waals surface area contributed by atoms with Gasteiger partial charge >= 0.3 is 23.7 Å². The molecule has 0 spiro atoms. The minimum absolute atomic E-state index is 0.0120. The van der Waals surface area contributed by atoms with Crippen LogP contribution in [0.1, 0.15) is 11.1 Å². The van der Waals surface area contributed by atoms with E-state index in [0.717, 1.165) is 0 Å². The maximum Gasteiger partial charge on any atom is 0.396 e. The molecule has 0 aromatic heterocycles. The lowest BCUT2D eigenvalue weighted by atomic mass is 10.1. The first-order valence-electron chi connectivity index (χ1n) is 8.61. The van der Waals surface area contributed by atoms with E-state index >= 15 is 0 Å². The van der Waals surface area contributed by atoms with Gasteiger partial charge in [-0.25, -0.2) is 0 Å². The number of nitrogens with one attached hydrogen (secondary N) is 2. The monoisotopic (exact) mass is 428 g/mol. The van der Waals surface area contributed by atoms with E-state index in [4.69, 9.17) is 9.47 Å². The van der Waals surface area contributed by atoms with Crippen molar-refractivity contribution in [3.8, 4) is 11.5 Å². The highest BCUT2D eigenvalue weighted by molar-refractivity contribution is 6.06. The van der Waals surface area contributed by atoms with E-state index in [-0.39, 0.29) is 22.9 Å². The first kappa shape index (κ1) is 23.0. The fraction of sp³-hybridized carbons (Fsp3) is 0.300. The molecule has 2 aromatic rings. The number of alkyl halides is 4. The molecule has 0 saturated heterocycles. The van der Waals surface area contributed by atoms with Gasteiger partial charge in [0.15, 0.2) is 0 Å². The van der Waals surface area contributed by atoms with Crippen LogP contribution in [0.3, 0.4) is 0 Å². The van der Waals surface area contributed by atoms with Crippen molar-refractivity contribution in [2.24, 2.45) is 0 Å². The molecule has 0 heterocycles. The lowest BCUT2D eigenvalue weighted by Gasteiger charge is -2.25. The predicted octanol–water partition coefficient (Wildman–Crippen LogP) is 4.17. The minimum Gasteiger partial charge on any atom is -0.495 e. The molecule has 0 aliphatic heterocycles. The quantitative estimate of drug-likeness (QED) is 0.649. The molecule has 0 unspecified atom stereocenters. The highest BCUT2D eigenvalue weighted by Crippen LogP contribution is 2.38. The van der Waals surface area contributed by atoms with Crippen LogP contribution in [0, 0.1) is 13.8 Å². The Kier molecular flexibility index (Phi) is 6.59. The fourth-order valence-electron chi connectivity index (χ4n) is 2.53. The second kappa shape index (κ2) is 8.60. The van der Waals surface area contributed by atoms with Crippen LogP contribution in [0.2, 0.25) is 0 Å². The van der Waals surface area contributed by atoms with Gasteiger partial charge in [-0.3, -0.25) is 9.59 Å². The van der Waals surface area contributed by atoms with Crippen LogP contribution in [0.15, 0.2) is 36.4 Å². The molecule has 2 aromatic carbocycles. The second-order valence-corrected chi connectivity index (χ2v) is 6.46. The van der Waals surface area contributed by atoms with Gasteiger partial charge in [-0.15, -0.1) is 0 Å². The molecule has 10 heteroatoms. The summed E-state index contributed by atoms with van der Waals surface area (Å²) in [5.74, 6) is -15.5. The molecule has 0 atom stereocenters. The van der Waals surface area contributed by atoms with Gasteiger partial charge in [0.2, 0.25) is 0 Å². The summed E-state index contributed by atoms with van der Waals surface area (Å²) in [5, 5.41) is 3.40. The molecule has 0 bridgehead atoms. The van der Waals surface area contributed by atoms with E-state index in [2.05, 4.69) is 0 Å². The van der Waals surface area contributed by atoms with Crippen LogP contribution in [-0.2, 0) is 9.59 Å². The Labute approximate surface area is 170 Å². The Morgan fingerprint density at radius 2 is 1.07 bits per heavy atom. The third-order valence-corrected chi connectivity index (χ3v) is 4.17. The molecule has 0 aliphatic rings. The molecule has 0 saturated carbocycles. The average molecular weight is 428 g/mol. The SMILES string of the molecule is COc1ccc(C)cc1NC(=O)C(F)(F)C(F)(F)C(=O)Nc1cc(C)ccc1OC. The number of anilines is 2. The van der Waals surface area contributed by atoms with Gasteiger partial charge in [0.25, 0.3) is 0 Å². The first-order valence-corrected chi connectivity index (χ1v) is 8.61. The van der Waals surface area contributed by atoms with Crippen molar-refractivity contribution in [3.63, 3.8) is 0 Å². The third-order valence-electron chi connectivity index (χ3n) is 4.17. The summed E-state index contributed by atoms with van der Waals surface area (Å²) < 4.78 is 67.2. The predicted molar refractivity (Wildman–Crippen MR) is 103 cm³/mol. The van der Waals surface area contributed by atoms with Crippen molar-refractivity contribution in [1.82, 2.24) is 0 Å². The van der Waals surface area contributed by atoms with Gasteiger partial charge in [-0.05, 0) is 49.2 Å². The van der Waals surface area contributed by atoms with Gasteiger partial charge in [-0.1, -0.05) is 12.1 Å². The molecule has 30 heavy (non-hydrogen) atoms. The molecule has 162 valence electrons. The number of hydrogen-bond acceptors (Lipinski definition) is 4. The number of amides is 2. The molecule has 2 N–H and O–H groups in total. The van der Waals surface area contributed by atoms with Gasteiger partial charge in [0.1, 0.15) is 11.5 Å². The maximum absolute atomic E-state index is 14.3. The third kappa shape index (κ3) is 4.47. The number of aryl methyl sites for hydroxylation is 2. The molecule has 6 nitrogen and oxygen atoms in total. The van der Waals surface area contributed by atoms with Crippen molar-refractivity contribution < 1.29 is 36.6 Å². The number of halogens is 4. The van der Waals surface area contributed by atoms with Crippen molar-refractivity contribution in [2.75, 3.05) is 24.9 Å². The highest BCUT2D eigenvalue weighted by Gasteiger charge is 2.67. The summed E-state index contributed by atoms with van der Waals surface area (Å²) in [5.41, 5.74) is 0.647. The molecule has 0 fully saturated rings. The standard InChI is InChI=1S/C20H20F4N2O4/c1-11-5-7-15(29-3)13(9-11)25-17(27)19(21,22)20(23,24)18(28)26-14-10-12(2)6-8-16(14)30-4/h5-10H,1-4H3,(H,25,27)(H,26,28). The summed E-state index contributed by atoms with van der Waals surface area (Å²) >= 11 is 0. The Bertz CT molecular complexity index is 886. The van der Waals surface area contributed by atoms with Crippen molar-refractivity contribution in [3.05, 3.63) is 47.5 Å². The van der Waals surface area contributed by atoms with Crippen molar-refractivity contribution >= 4 is 23.2 Å². The van der Waals surface area contributed by atoms with Crippen LogP contribution in [0.25, 0.3) is 0 Å². The summed E-state index contributed by atoms with van der Waals surface area (Å²) in [6.45, 7) is 3.20. The van der Waals surface area contributed by atoms with Crippen molar-refractivity contribution in [1.29, 1.82) is 0 Å². The maximum atomic E-state index is 14.3. The van der Waals surface area contributed by atoms with E-state index in [0.29, 0.717) is 11.1 Å². The van der Waals surface area contributed by atoms with Crippen LogP contribution >= 0.6 is 0 Å². The molecular weight excluding hydrogens is 408 g/mol. The fourth-order valence-corrected chi connectivity index (χ4v) is 2.53. The smallest absolute Gasteiger partial charge is 0.396 e. The summed E-state index contributed by atoms with van der Waals surface area (Å²) in [7, 11) is 2.44. The number of carbonyl (C=O) groups is 2. The molecule has 2 rings (SSSR count). The largest absolute Gasteiger partial charge is 0.495 e. The van der Waals surface area contributed by atoms with Gasteiger partial charge in [0, 0.05) is 0 Å². The number of carbonyl (C=O) groups excluding carboxylic acids is 2. The molecule has 2 amide bonds. The van der Waals surface area contributed by atoms with Crippen LogP contribution in [-0.4, -0.2) is 37.9 Å². The number of rotatable bonds is 7. The second-order valence-electron chi connectivity index (χ2n) is 6.46. The zero-order chi connectivity index (χ0) is 22.7. The average Bonchev–Trinajstić information content (AvgIpc) is 2.68. The van der Waals surface area contributed by atoms with Crippen LogP contribution in [0.5, 0.6) is 11.5 Å². The zero-order valence-corrected chi connectivity index (χ0v) is 16.6. The summed E-state index contributed by atoms with van der Waals surface area (Å²) in [6, 6.07) is 8.43. The lowest BCUT2D eigenvalue weighted by molar-refractivity contribution is -0.204. The number of benzene rings is 2. The normalized spacial score (nSPS) is 11.6. The Hall–Kier alpha value is -3.30. The molecular formula is C20H20F4N2O4. The Morgan fingerprint density at radius 3 is 1.37 bits per heavy atom. The van der Waals surface area contributed by atoms with Gasteiger partial charge in [0.05, 0.1) is 25.6 Å². The van der Waals surface area contributed by atoms with E-state index in [1.165, 1.54) is 38.5 Å². The number of ether oxygens (including phenoxy) is 2. The lowest BCUT2D eigenvalue weighted by Crippen LogP contribution is -2.56. The summed E-state index contributed by atoms with van der Waals surface area (Å²) in [4.78, 5) is 24.0. The van der Waals surface area contributed by atoms with Crippen molar-refractivity contribution in [2.45, 2.75) is 25.7 Å². The van der Waals surface area contributed by atoms with Gasteiger partial charge in [-0.2, -0.15) is 17.6 Å². The number of methoxy groups -OCH3 is 2. The van der Waals surface area contributed by atoms with Gasteiger partial charge < -0.3 is 20.1 Å². The van der Waals surface area contributed by atoms with E-state index in [1.54, 1.807) is 36.6 Å². The Balaban J connectivity index is 2.28. The van der Waals surface area contributed by atoms with E-state index in [9.17, 15) is 27.2 Å².